The number of fused-ring (bicyclic) bond motifs is 2. The van der Waals surface area contributed by atoms with Gasteiger partial charge in [-0.15, -0.1) is 0 Å². The van der Waals surface area contributed by atoms with Crippen LogP contribution in [0.3, 0.4) is 0 Å². The van der Waals surface area contributed by atoms with Crippen LogP contribution in [0.1, 0.15) is 43.4 Å². The molecular formula is C17H23N. The number of hydrogen-bond donors (Lipinski definition) is 1. The Balaban J connectivity index is 1.95. The Morgan fingerprint density at radius 1 is 1.33 bits per heavy atom. The predicted molar refractivity (Wildman–Crippen MR) is 77.7 cm³/mol. The lowest BCUT2D eigenvalue weighted by molar-refractivity contribution is 0.449. The summed E-state index contributed by atoms with van der Waals surface area (Å²) in [4.78, 5) is 0. The number of aryl methyl sites for hydroxylation is 1. The molecule has 0 bridgehead atoms. The molecule has 2 aliphatic rings. The lowest BCUT2D eigenvalue weighted by Crippen LogP contribution is -2.36. The van der Waals surface area contributed by atoms with Crippen molar-refractivity contribution in [3.05, 3.63) is 40.5 Å². The van der Waals surface area contributed by atoms with Crippen molar-refractivity contribution < 1.29 is 0 Å². The zero-order valence-electron chi connectivity index (χ0n) is 11.7. The standard InChI is InChI=1S/C17H23N/c1-11(2)8-17-16-10-13-9-12(3)4-5-14(13)15(16)6-7-18-17/h4-5,9,11,17-18H,6-8,10H2,1-3H3. The van der Waals surface area contributed by atoms with Gasteiger partial charge in [0.25, 0.3) is 0 Å². The second kappa shape index (κ2) is 4.55. The maximum atomic E-state index is 3.71. The minimum Gasteiger partial charge on any atom is -0.310 e. The van der Waals surface area contributed by atoms with Crippen molar-refractivity contribution in [2.24, 2.45) is 5.92 Å². The lowest BCUT2D eigenvalue weighted by atomic mass is 9.89. The Morgan fingerprint density at radius 3 is 2.94 bits per heavy atom. The quantitative estimate of drug-likeness (QED) is 0.832. The maximum Gasteiger partial charge on any atom is 0.0291 e. The van der Waals surface area contributed by atoms with Crippen molar-refractivity contribution in [1.29, 1.82) is 0 Å². The molecule has 1 heteroatoms. The van der Waals surface area contributed by atoms with Crippen LogP contribution in [0.2, 0.25) is 0 Å². The second-order valence-electron chi connectivity index (χ2n) is 6.23. The van der Waals surface area contributed by atoms with E-state index in [2.05, 4.69) is 44.3 Å². The molecule has 1 N–H and O–H groups in total. The van der Waals surface area contributed by atoms with Crippen LogP contribution in [0.15, 0.2) is 23.8 Å². The van der Waals surface area contributed by atoms with E-state index in [1.165, 1.54) is 30.4 Å². The smallest absolute Gasteiger partial charge is 0.0291 e. The Hall–Kier alpha value is -1.08. The highest BCUT2D eigenvalue weighted by Crippen LogP contribution is 2.39. The molecule has 0 amide bonds. The topological polar surface area (TPSA) is 12.0 Å². The molecule has 1 atom stereocenters. The van der Waals surface area contributed by atoms with E-state index >= 15 is 0 Å². The molecule has 0 aromatic heterocycles. The summed E-state index contributed by atoms with van der Waals surface area (Å²) in [5.74, 6) is 0.764. The molecule has 1 aromatic rings. The van der Waals surface area contributed by atoms with Crippen LogP contribution in [0.25, 0.3) is 5.57 Å². The Kier molecular flexibility index (Phi) is 3.03. The summed E-state index contributed by atoms with van der Waals surface area (Å²) in [5, 5.41) is 3.71. The molecule has 1 aliphatic heterocycles. The lowest BCUT2D eigenvalue weighted by Gasteiger charge is -2.28. The first kappa shape index (κ1) is 12.0. The van der Waals surface area contributed by atoms with E-state index in [0.29, 0.717) is 6.04 Å². The number of rotatable bonds is 2. The van der Waals surface area contributed by atoms with Gasteiger partial charge in [-0.25, -0.2) is 0 Å². The van der Waals surface area contributed by atoms with Crippen molar-refractivity contribution >= 4 is 5.57 Å². The Morgan fingerprint density at radius 2 is 2.17 bits per heavy atom. The van der Waals surface area contributed by atoms with Crippen LogP contribution in [-0.4, -0.2) is 12.6 Å². The van der Waals surface area contributed by atoms with E-state index in [-0.39, 0.29) is 0 Å². The summed E-state index contributed by atoms with van der Waals surface area (Å²) in [6.07, 6.45) is 3.66. The van der Waals surface area contributed by atoms with Crippen LogP contribution >= 0.6 is 0 Å². The summed E-state index contributed by atoms with van der Waals surface area (Å²) < 4.78 is 0. The molecular weight excluding hydrogens is 218 g/mol. The maximum absolute atomic E-state index is 3.71. The zero-order chi connectivity index (χ0) is 12.7. The first-order valence-corrected chi connectivity index (χ1v) is 7.20. The molecule has 1 aliphatic carbocycles. The largest absolute Gasteiger partial charge is 0.310 e. The van der Waals surface area contributed by atoms with Crippen LogP contribution < -0.4 is 5.32 Å². The third-order valence-corrected chi connectivity index (χ3v) is 4.25. The molecule has 1 heterocycles. The SMILES string of the molecule is Cc1ccc2c(c1)CC1=C2CCNC1CC(C)C. The van der Waals surface area contributed by atoms with E-state index < -0.39 is 0 Å². The number of nitrogens with one attached hydrogen (secondary N) is 1. The Labute approximate surface area is 110 Å². The monoisotopic (exact) mass is 241 g/mol. The Bertz CT molecular complexity index is 496. The van der Waals surface area contributed by atoms with E-state index in [0.717, 1.165) is 12.5 Å². The zero-order valence-corrected chi connectivity index (χ0v) is 11.7. The van der Waals surface area contributed by atoms with Crippen molar-refractivity contribution in [2.45, 2.75) is 46.1 Å². The van der Waals surface area contributed by atoms with Gasteiger partial charge >= 0.3 is 0 Å². The molecule has 18 heavy (non-hydrogen) atoms. The second-order valence-corrected chi connectivity index (χ2v) is 6.23. The van der Waals surface area contributed by atoms with E-state index in [1.807, 2.05) is 0 Å². The van der Waals surface area contributed by atoms with Crippen molar-refractivity contribution in [3.63, 3.8) is 0 Å². The fraction of sp³-hybridized carbons (Fsp3) is 0.529. The summed E-state index contributed by atoms with van der Waals surface area (Å²) in [6.45, 7) is 7.98. The third kappa shape index (κ3) is 2.01. The molecule has 1 nitrogen and oxygen atoms in total. The minimum absolute atomic E-state index is 0.612. The molecule has 1 aromatic carbocycles. The number of hydrogen-bond acceptors (Lipinski definition) is 1. The fourth-order valence-electron chi connectivity index (χ4n) is 3.47. The average Bonchev–Trinajstić information content (AvgIpc) is 2.67. The molecule has 1 unspecified atom stereocenters. The van der Waals surface area contributed by atoms with Crippen LogP contribution in [0, 0.1) is 12.8 Å². The van der Waals surface area contributed by atoms with E-state index in [1.54, 1.807) is 16.7 Å². The average molecular weight is 241 g/mol. The predicted octanol–water partition coefficient (Wildman–Crippen LogP) is 3.71. The van der Waals surface area contributed by atoms with Gasteiger partial charge in [-0.2, -0.15) is 0 Å². The first-order chi connectivity index (χ1) is 8.65. The molecule has 3 rings (SSSR count). The summed E-state index contributed by atoms with van der Waals surface area (Å²) in [6, 6.07) is 7.58. The van der Waals surface area contributed by atoms with Gasteiger partial charge < -0.3 is 5.32 Å². The van der Waals surface area contributed by atoms with Gasteiger partial charge in [0, 0.05) is 6.04 Å². The van der Waals surface area contributed by atoms with Crippen molar-refractivity contribution in [3.8, 4) is 0 Å². The summed E-state index contributed by atoms with van der Waals surface area (Å²) in [5.41, 5.74) is 7.80. The third-order valence-electron chi connectivity index (χ3n) is 4.25. The van der Waals surface area contributed by atoms with E-state index in [4.69, 9.17) is 0 Å². The van der Waals surface area contributed by atoms with Gasteiger partial charge in [0.2, 0.25) is 0 Å². The molecule has 0 fully saturated rings. The van der Waals surface area contributed by atoms with Crippen molar-refractivity contribution in [1.82, 2.24) is 5.32 Å². The van der Waals surface area contributed by atoms with E-state index in [9.17, 15) is 0 Å². The van der Waals surface area contributed by atoms with Gasteiger partial charge in [0.1, 0.15) is 0 Å². The normalized spacial score (nSPS) is 22.3. The summed E-state index contributed by atoms with van der Waals surface area (Å²) >= 11 is 0. The van der Waals surface area contributed by atoms with Gasteiger partial charge in [0.15, 0.2) is 0 Å². The van der Waals surface area contributed by atoms with Gasteiger partial charge in [-0.1, -0.05) is 37.6 Å². The highest BCUT2D eigenvalue weighted by Gasteiger charge is 2.29. The van der Waals surface area contributed by atoms with Gasteiger partial charge in [0.05, 0.1) is 0 Å². The number of benzene rings is 1. The molecule has 96 valence electrons. The first-order valence-electron chi connectivity index (χ1n) is 7.20. The van der Waals surface area contributed by atoms with Crippen LogP contribution in [0.5, 0.6) is 0 Å². The highest BCUT2D eigenvalue weighted by molar-refractivity contribution is 5.78. The van der Waals surface area contributed by atoms with Gasteiger partial charge in [-0.3, -0.25) is 0 Å². The van der Waals surface area contributed by atoms with Gasteiger partial charge in [-0.05, 0) is 60.9 Å². The fourth-order valence-corrected chi connectivity index (χ4v) is 3.47. The minimum atomic E-state index is 0.612. The van der Waals surface area contributed by atoms with Crippen LogP contribution in [-0.2, 0) is 6.42 Å². The van der Waals surface area contributed by atoms with Crippen LogP contribution in [0.4, 0.5) is 0 Å². The molecule has 0 radical (unpaired) electrons. The molecule has 0 saturated heterocycles. The van der Waals surface area contributed by atoms with Crippen molar-refractivity contribution in [2.75, 3.05) is 6.54 Å². The highest BCUT2D eigenvalue weighted by atomic mass is 14.9. The molecule has 0 spiro atoms. The molecule has 0 saturated carbocycles. The summed E-state index contributed by atoms with van der Waals surface area (Å²) in [7, 11) is 0.